The number of aliphatic carboxylic acids is 1. The molecular formula is C11H13NO4. The molecule has 1 N–H and O–H groups in total. The number of rotatable bonds is 5. The van der Waals surface area contributed by atoms with Gasteiger partial charge in [-0.2, -0.15) is 0 Å². The van der Waals surface area contributed by atoms with Crippen molar-refractivity contribution in [3.05, 3.63) is 24.0 Å². The summed E-state index contributed by atoms with van der Waals surface area (Å²) in [6.07, 6.45) is 1.88. The minimum Gasteiger partial charge on any atom is -0.481 e. The lowest BCUT2D eigenvalue weighted by atomic mass is 10.2. The Balaban J connectivity index is 2.62. The Morgan fingerprint density at radius 1 is 1.31 bits per heavy atom. The first-order valence-corrected chi connectivity index (χ1v) is 4.95. The summed E-state index contributed by atoms with van der Waals surface area (Å²) >= 11 is 0. The number of hydrogen-bond donors (Lipinski definition) is 1. The smallest absolute Gasteiger partial charge is 0.303 e. The second-order valence-corrected chi connectivity index (χ2v) is 3.46. The first-order valence-electron chi connectivity index (χ1n) is 4.95. The Kier molecular flexibility index (Phi) is 3.99. The fraction of sp³-hybridized carbons (Fsp3) is 0.364. The maximum atomic E-state index is 11.6. The zero-order valence-electron chi connectivity index (χ0n) is 8.97. The van der Waals surface area contributed by atoms with Gasteiger partial charge in [0.1, 0.15) is 0 Å². The van der Waals surface area contributed by atoms with Crippen LogP contribution >= 0.6 is 0 Å². The Morgan fingerprint density at radius 3 is 2.56 bits per heavy atom. The minimum atomic E-state index is -0.924. The standard InChI is InChI=1S/C11H13NO4/c1-8(13)9-4-3-7-12(9)10(14)5-2-6-11(15)16/h3-4,7H,2,5-6H2,1H3,(H,15,16). The van der Waals surface area contributed by atoms with E-state index in [1.165, 1.54) is 17.7 Å². The third-order valence-electron chi connectivity index (χ3n) is 2.16. The van der Waals surface area contributed by atoms with E-state index in [0.29, 0.717) is 5.69 Å². The molecule has 5 heteroatoms. The molecule has 0 saturated carbocycles. The molecule has 16 heavy (non-hydrogen) atoms. The molecule has 1 heterocycles. The summed E-state index contributed by atoms with van der Waals surface area (Å²) in [5.41, 5.74) is 0.334. The number of carboxylic acids is 1. The van der Waals surface area contributed by atoms with Crippen LogP contribution in [0.4, 0.5) is 0 Å². The molecule has 0 aliphatic heterocycles. The van der Waals surface area contributed by atoms with Crippen molar-refractivity contribution < 1.29 is 19.5 Å². The highest BCUT2D eigenvalue weighted by Gasteiger charge is 2.12. The van der Waals surface area contributed by atoms with Crippen molar-refractivity contribution in [2.75, 3.05) is 0 Å². The SMILES string of the molecule is CC(=O)c1cccn1C(=O)CCCC(=O)O. The average Bonchev–Trinajstić information content (AvgIpc) is 2.65. The van der Waals surface area contributed by atoms with Crippen molar-refractivity contribution in [1.29, 1.82) is 0 Å². The van der Waals surface area contributed by atoms with Crippen LogP contribution in [0, 0.1) is 0 Å². The van der Waals surface area contributed by atoms with Crippen LogP contribution in [0.2, 0.25) is 0 Å². The van der Waals surface area contributed by atoms with E-state index in [1.54, 1.807) is 12.1 Å². The van der Waals surface area contributed by atoms with E-state index in [2.05, 4.69) is 0 Å². The van der Waals surface area contributed by atoms with Gasteiger partial charge in [0.2, 0.25) is 5.91 Å². The second kappa shape index (κ2) is 5.25. The second-order valence-electron chi connectivity index (χ2n) is 3.46. The molecule has 0 fully saturated rings. The molecule has 0 unspecified atom stereocenters. The van der Waals surface area contributed by atoms with Gasteiger partial charge in [0.15, 0.2) is 5.78 Å². The summed E-state index contributed by atoms with van der Waals surface area (Å²) in [6.45, 7) is 1.39. The van der Waals surface area contributed by atoms with E-state index in [4.69, 9.17) is 5.11 Å². The topological polar surface area (TPSA) is 76.4 Å². The molecule has 1 aromatic rings. The molecule has 86 valence electrons. The van der Waals surface area contributed by atoms with Gasteiger partial charge in [-0.15, -0.1) is 0 Å². The number of carbonyl (C=O) groups is 3. The normalized spacial score (nSPS) is 10.1. The first-order chi connectivity index (χ1) is 7.52. The molecule has 0 aromatic carbocycles. The number of nitrogens with zero attached hydrogens (tertiary/aromatic N) is 1. The highest BCUT2D eigenvalue weighted by molar-refractivity contribution is 5.97. The van der Waals surface area contributed by atoms with Crippen molar-refractivity contribution in [2.24, 2.45) is 0 Å². The number of hydrogen-bond acceptors (Lipinski definition) is 3. The van der Waals surface area contributed by atoms with E-state index in [-0.39, 0.29) is 31.0 Å². The highest BCUT2D eigenvalue weighted by Crippen LogP contribution is 2.07. The number of ketones is 1. The van der Waals surface area contributed by atoms with Crippen LogP contribution in [-0.4, -0.2) is 27.3 Å². The van der Waals surface area contributed by atoms with E-state index in [1.807, 2.05) is 0 Å². The van der Waals surface area contributed by atoms with Gasteiger partial charge in [-0.1, -0.05) is 0 Å². The third-order valence-corrected chi connectivity index (χ3v) is 2.16. The van der Waals surface area contributed by atoms with E-state index in [9.17, 15) is 14.4 Å². The summed E-state index contributed by atoms with van der Waals surface area (Å²) in [5, 5.41) is 8.43. The summed E-state index contributed by atoms with van der Waals surface area (Å²) < 4.78 is 1.27. The van der Waals surface area contributed by atoms with E-state index in [0.717, 1.165) is 0 Å². The van der Waals surface area contributed by atoms with Gasteiger partial charge >= 0.3 is 5.97 Å². The fourth-order valence-corrected chi connectivity index (χ4v) is 1.40. The Hall–Kier alpha value is -1.91. The van der Waals surface area contributed by atoms with Gasteiger partial charge in [-0.25, -0.2) is 0 Å². The Labute approximate surface area is 92.7 Å². The van der Waals surface area contributed by atoms with Gasteiger partial charge in [-0.3, -0.25) is 19.0 Å². The van der Waals surface area contributed by atoms with Gasteiger partial charge < -0.3 is 5.11 Å². The number of Topliss-reactive ketones (excluding diaryl/α,β-unsaturated/α-hetero) is 1. The first kappa shape index (κ1) is 12.2. The summed E-state index contributed by atoms with van der Waals surface area (Å²) in [5.74, 6) is -1.36. The maximum Gasteiger partial charge on any atom is 0.303 e. The molecule has 0 saturated heterocycles. The molecule has 1 aromatic heterocycles. The summed E-state index contributed by atoms with van der Waals surface area (Å²) in [4.78, 5) is 33.0. The molecular weight excluding hydrogens is 210 g/mol. The van der Waals surface area contributed by atoms with Gasteiger partial charge in [0.25, 0.3) is 0 Å². The zero-order chi connectivity index (χ0) is 12.1. The van der Waals surface area contributed by atoms with Crippen molar-refractivity contribution >= 4 is 17.7 Å². The Morgan fingerprint density at radius 2 is 2.00 bits per heavy atom. The average molecular weight is 223 g/mol. The van der Waals surface area contributed by atoms with Crippen LogP contribution in [0.5, 0.6) is 0 Å². The Bertz CT molecular complexity index is 419. The summed E-state index contributed by atoms with van der Waals surface area (Å²) in [6, 6.07) is 3.18. The van der Waals surface area contributed by atoms with Crippen molar-refractivity contribution in [3.8, 4) is 0 Å². The van der Waals surface area contributed by atoms with Crippen LogP contribution in [0.25, 0.3) is 0 Å². The molecule has 0 atom stereocenters. The van der Waals surface area contributed by atoms with Crippen LogP contribution in [0.3, 0.4) is 0 Å². The highest BCUT2D eigenvalue weighted by atomic mass is 16.4. The van der Waals surface area contributed by atoms with Gasteiger partial charge in [0, 0.05) is 26.0 Å². The molecule has 0 bridgehead atoms. The lowest BCUT2D eigenvalue weighted by molar-refractivity contribution is -0.137. The third kappa shape index (κ3) is 3.05. The van der Waals surface area contributed by atoms with Gasteiger partial charge in [-0.05, 0) is 18.6 Å². The van der Waals surface area contributed by atoms with Crippen LogP contribution in [0.1, 0.15) is 41.5 Å². The molecule has 0 spiro atoms. The molecule has 1 rings (SSSR count). The predicted octanol–water partition coefficient (Wildman–Crippen LogP) is 1.59. The van der Waals surface area contributed by atoms with Crippen LogP contribution in [-0.2, 0) is 4.79 Å². The number of carboxylic acid groups (broad SMARTS) is 1. The minimum absolute atomic E-state index is 0.0393. The zero-order valence-corrected chi connectivity index (χ0v) is 8.97. The molecule has 0 aliphatic rings. The fourth-order valence-electron chi connectivity index (χ4n) is 1.40. The quantitative estimate of drug-likeness (QED) is 0.769. The van der Waals surface area contributed by atoms with Crippen molar-refractivity contribution in [3.63, 3.8) is 0 Å². The van der Waals surface area contributed by atoms with Crippen LogP contribution < -0.4 is 0 Å². The van der Waals surface area contributed by atoms with E-state index >= 15 is 0 Å². The lowest BCUT2D eigenvalue weighted by Crippen LogP contribution is -2.15. The number of aromatic nitrogens is 1. The van der Waals surface area contributed by atoms with E-state index < -0.39 is 5.97 Å². The largest absolute Gasteiger partial charge is 0.481 e. The molecule has 5 nitrogen and oxygen atoms in total. The summed E-state index contributed by atoms with van der Waals surface area (Å²) in [7, 11) is 0. The molecule has 0 aliphatic carbocycles. The molecule has 0 radical (unpaired) electrons. The monoisotopic (exact) mass is 223 g/mol. The maximum absolute atomic E-state index is 11.6. The lowest BCUT2D eigenvalue weighted by Gasteiger charge is -2.04. The van der Waals surface area contributed by atoms with Gasteiger partial charge in [0.05, 0.1) is 5.69 Å². The predicted molar refractivity (Wildman–Crippen MR) is 56.5 cm³/mol. The number of carbonyl (C=O) groups excluding carboxylic acids is 2. The van der Waals surface area contributed by atoms with Crippen molar-refractivity contribution in [2.45, 2.75) is 26.2 Å². The van der Waals surface area contributed by atoms with Crippen LogP contribution in [0.15, 0.2) is 18.3 Å². The van der Waals surface area contributed by atoms with Crippen molar-refractivity contribution in [1.82, 2.24) is 4.57 Å². The molecule has 0 amide bonds.